The summed E-state index contributed by atoms with van der Waals surface area (Å²) in [7, 11) is 0. The molecule has 0 aliphatic carbocycles. The smallest absolute Gasteiger partial charge is 0.141 e. The molecule has 3 rings (SSSR count). The fourth-order valence-corrected chi connectivity index (χ4v) is 2.64. The third-order valence-electron chi connectivity index (χ3n) is 3.62. The second-order valence-corrected chi connectivity index (χ2v) is 5.63. The van der Waals surface area contributed by atoms with Crippen LogP contribution in [0.3, 0.4) is 0 Å². The van der Waals surface area contributed by atoms with Gasteiger partial charge in [0, 0.05) is 18.5 Å². The van der Waals surface area contributed by atoms with E-state index in [0.717, 1.165) is 29.0 Å². The van der Waals surface area contributed by atoms with Crippen molar-refractivity contribution in [3.63, 3.8) is 0 Å². The number of nitrogens with two attached hydrogens (primary N) is 1. The number of imidazole rings is 1. The second kappa shape index (κ2) is 5.66. The molecule has 4 heteroatoms. The number of fused-ring (bicyclic) bond motifs is 1. The van der Waals surface area contributed by atoms with Crippen molar-refractivity contribution in [2.45, 2.75) is 19.9 Å². The van der Waals surface area contributed by atoms with Gasteiger partial charge in [-0.15, -0.1) is 0 Å². The molecule has 0 bridgehead atoms. The first-order valence-electron chi connectivity index (χ1n) is 6.96. The molecule has 0 spiro atoms. The monoisotopic (exact) mass is 295 g/mol. The predicted molar refractivity (Wildman–Crippen MR) is 91.3 cm³/mol. The molecule has 0 amide bonds. The minimum atomic E-state index is 0.531. The maximum atomic E-state index is 5.67. The van der Waals surface area contributed by atoms with Crippen LogP contribution in [-0.2, 0) is 6.54 Å². The maximum Gasteiger partial charge on any atom is 0.141 e. The minimum absolute atomic E-state index is 0.531. The van der Waals surface area contributed by atoms with Crippen molar-refractivity contribution in [3.8, 4) is 11.4 Å². The van der Waals surface area contributed by atoms with Crippen LogP contribution in [0.2, 0.25) is 0 Å². The van der Waals surface area contributed by atoms with E-state index in [9.17, 15) is 0 Å². The fraction of sp³-hybridized carbons (Fsp3) is 0.176. The number of nitrogens with zero attached hydrogens (tertiary/aromatic N) is 2. The SMILES string of the molecule is Cc1ccccc1-c1nc2ccccc2n1CCC(N)=S. The molecule has 0 aliphatic rings. The molecule has 3 nitrogen and oxygen atoms in total. The summed E-state index contributed by atoms with van der Waals surface area (Å²) in [6.07, 6.45) is 0.675. The summed E-state index contributed by atoms with van der Waals surface area (Å²) in [6, 6.07) is 16.5. The predicted octanol–water partition coefficient (Wildman–Crippen LogP) is 3.69. The molecule has 0 atom stereocenters. The molecular weight excluding hydrogens is 278 g/mol. The topological polar surface area (TPSA) is 43.8 Å². The summed E-state index contributed by atoms with van der Waals surface area (Å²) in [6.45, 7) is 2.85. The lowest BCUT2D eigenvalue weighted by Gasteiger charge is -2.10. The van der Waals surface area contributed by atoms with Crippen molar-refractivity contribution in [2.75, 3.05) is 0 Å². The third-order valence-corrected chi connectivity index (χ3v) is 3.83. The highest BCUT2D eigenvalue weighted by Crippen LogP contribution is 2.27. The normalized spacial score (nSPS) is 10.9. The highest BCUT2D eigenvalue weighted by molar-refractivity contribution is 7.80. The van der Waals surface area contributed by atoms with Gasteiger partial charge < -0.3 is 10.3 Å². The Morgan fingerprint density at radius 1 is 1.14 bits per heavy atom. The van der Waals surface area contributed by atoms with Crippen LogP contribution in [0.1, 0.15) is 12.0 Å². The summed E-state index contributed by atoms with van der Waals surface area (Å²) >= 11 is 5.02. The Labute approximate surface area is 129 Å². The van der Waals surface area contributed by atoms with Crippen LogP contribution in [0.4, 0.5) is 0 Å². The summed E-state index contributed by atoms with van der Waals surface area (Å²) in [5, 5.41) is 0. The van der Waals surface area contributed by atoms with Crippen molar-refractivity contribution in [3.05, 3.63) is 54.1 Å². The van der Waals surface area contributed by atoms with E-state index in [-0.39, 0.29) is 0 Å². The first-order valence-corrected chi connectivity index (χ1v) is 7.37. The molecule has 106 valence electrons. The number of rotatable bonds is 4. The van der Waals surface area contributed by atoms with Gasteiger partial charge in [0.25, 0.3) is 0 Å². The summed E-state index contributed by atoms with van der Waals surface area (Å²) in [5.74, 6) is 0.977. The molecule has 21 heavy (non-hydrogen) atoms. The quantitative estimate of drug-likeness (QED) is 0.747. The van der Waals surface area contributed by atoms with Gasteiger partial charge in [0.15, 0.2) is 0 Å². The average Bonchev–Trinajstić information content (AvgIpc) is 2.84. The molecular formula is C17H17N3S. The van der Waals surface area contributed by atoms with Gasteiger partial charge in [0.05, 0.1) is 16.0 Å². The zero-order chi connectivity index (χ0) is 14.8. The van der Waals surface area contributed by atoms with E-state index in [4.69, 9.17) is 22.9 Å². The lowest BCUT2D eigenvalue weighted by molar-refractivity contribution is 0.756. The zero-order valence-electron chi connectivity index (χ0n) is 11.9. The number of thiocarbonyl (C=S) groups is 1. The first-order chi connectivity index (χ1) is 10.2. The van der Waals surface area contributed by atoms with E-state index in [1.165, 1.54) is 5.56 Å². The van der Waals surface area contributed by atoms with Gasteiger partial charge in [-0.1, -0.05) is 48.6 Å². The average molecular weight is 295 g/mol. The number of aromatic nitrogens is 2. The van der Waals surface area contributed by atoms with Gasteiger partial charge in [-0.2, -0.15) is 0 Å². The molecule has 3 aromatic rings. The highest BCUT2D eigenvalue weighted by Gasteiger charge is 2.13. The number of aryl methyl sites for hydroxylation is 2. The Kier molecular flexibility index (Phi) is 3.71. The lowest BCUT2D eigenvalue weighted by Crippen LogP contribution is -2.12. The van der Waals surface area contributed by atoms with Crippen LogP contribution >= 0.6 is 12.2 Å². The molecule has 0 saturated carbocycles. The van der Waals surface area contributed by atoms with Gasteiger partial charge in [0.1, 0.15) is 5.82 Å². The Morgan fingerprint density at radius 2 is 1.86 bits per heavy atom. The Hall–Kier alpha value is -2.20. The van der Waals surface area contributed by atoms with E-state index >= 15 is 0 Å². The van der Waals surface area contributed by atoms with Crippen molar-refractivity contribution in [2.24, 2.45) is 5.73 Å². The van der Waals surface area contributed by atoms with Gasteiger partial charge in [-0.05, 0) is 24.6 Å². The minimum Gasteiger partial charge on any atom is -0.393 e. The number of benzene rings is 2. The Balaban J connectivity index is 2.19. The molecule has 1 aromatic heterocycles. The molecule has 2 N–H and O–H groups in total. The summed E-state index contributed by atoms with van der Waals surface area (Å²) < 4.78 is 2.21. The van der Waals surface area contributed by atoms with Gasteiger partial charge in [0.2, 0.25) is 0 Å². The number of para-hydroxylation sites is 2. The van der Waals surface area contributed by atoms with E-state index in [1.54, 1.807) is 0 Å². The number of hydrogen-bond donors (Lipinski definition) is 1. The second-order valence-electron chi connectivity index (χ2n) is 5.11. The molecule has 0 fully saturated rings. The first kappa shape index (κ1) is 13.8. The van der Waals surface area contributed by atoms with Crippen molar-refractivity contribution in [1.82, 2.24) is 9.55 Å². The molecule has 0 aliphatic heterocycles. The van der Waals surface area contributed by atoms with Gasteiger partial charge in [-0.25, -0.2) is 4.98 Å². The third kappa shape index (κ3) is 2.67. The van der Waals surface area contributed by atoms with Crippen LogP contribution in [0, 0.1) is 6.92 Å². The Bertz CT molecular complexity index is 805. The van der Waals surface area contributed by atoms with Crippen molar-refractivity contribution in [1.29, 1.82) is 0 Å². The summed E-state index contributed by atoms with van der Waals surface area (Å²) in [5.41, 5.74) is 10.1. The Morgan fingerprint density at radius 3 is 2.62 bits per heavy atom. The molecule has 0 unspecified atom stereocenters. The molecule has 1 heterocycles. The van der Waals surface area contributed by atoms with Crippen LogP contribution in [0.5, 0.6) is 0 Å². The molecule has 0 radical (unpaired) electrons. The van der Waals surface area contributed by atoms with Crippen LogP contribution < -0.4 is 5.73 Å². The summed E-state index contributed by atoms with van der Waals surface area (Å²) in [4.78, 5) is 5.33. The fourth-order valence-electron chi connectivity index (χ4n) is 2.55. The standard InChI is InChI=1S/C17H17N3S/c1-12-6-2-3-7-13(12)17-19-14-8-4-5-9-15(14)20(17)11-10-16(18)21/h2-9H,10-11H2,1H3,(H2,18,21). The van der Waals surface area contributed by atoms with Crippen LogP contribution in [0.25, 0.3) is 22.4 Å². The number of hydrogen-bond acceptors (Lipinski definition) is 2. The molecule has 2 aromatic carbocycles. The van der Waals surface area contributed by atoms with Crippen molar-refractivity contribution < 1.29 is 0 Å². The van der Waals surface area contributed by atoms with E-state index < -0.39 is 0 Å². The van der Waals surface area contributed by atoms with Gasteiger partial charge >= 0.3 is 0 Å². The van der Waals surface area contributed by atoms with Crippen LogP contribution in [-0.4, -0.2) is 14.5 Å². The van der Waals surface area contributed by atoms with E-state index in [2.05, 4.69) is 29.7 Å². The van der Waals surface area contributed by atoms with Crippen molar-refractivity contribution >= 4 is 28.2 Å². The van der Waals surface area contributed by atoms with E-state index in [0.29, 0.717) is 11.4 Å². The molecule has 0 saturated heterocycles. The van der Waals surface area contributed by atoms with Gasteiger partial charge in [-0.3, -0.25) is 0 Å². The largest absolute Gasteiger partial charge is 0.393 e. The van der Waals surface area contributed by atoms with Crippen LogP contribution in [0.15, 0.2) is 48.5 Å². The maximum absolute atomic E-state index is 5.67. The highest BCUT2D eigenvalue weighted by atomic mass is 32.1. The lowest BCUT2D eigenvalue weighted by atomic mass is 10.1. The van der Waals surface area contributed by atoms with E-state index in [1.807, 2.05) is 30.3 Å². The zero-order valence-corrected chi connectivity index (χ0v) is 12.7.